The minimum absolute atomic E-state index is 0.0200. The topological polar surface area (TPSA) is 55.8 Å². The average molecular weight is 319 g/mol. The molecule has 0 unspecified atom stereocenters. The number of nitrogens with one attached hydrogen (secondary N) is 1. The van der Waals surface area contributed by atoms with Crippen LogP contribution >= 0.6 is 0 Å². The lowest BCUT2D eigenvalue weighted by atomic mass is 10.00. The fraction of sp³-hybridized carbons (Fsp3) is 0.611. The van der Waals surface area contributed by atoms with Gasteiger partial charge in [0.15, 0.2) is 0 Å². The smallest absolute Gasteiger partial charge is 0.317 e. The van der Waals surface area contributed by atoms with Crippen LogP contribution < -0.4 is 10.2 Å². The van der Waals surface area contributed by atoms with Crippen molar-refractivity contribution in [2.45, 2.75) is 45.2 Å². The molecule has 0 aromatic heterocycles. The summed E-state index contributed by atoms with van der Waals surface area (Å²) >= 11 is 0. The van der Waals surface area contributed by atoms with Crippen LogP contribution in [0.3, 0.4) is 0 Å². The van der Waals surface area contributed by atoms with Gasteiger partial charge >= 0.3 is 6.03 Å². The lowest BCUT2D eigenvalue weighted by Crippen LogP contribution is -2.48. The first-order chi connectivity index (χ1) is 11.0. The quantitative estimate of drug-likeness (QED) is 0.877. The van der Waals surface area contributed by atoms with E-state index in [0.29, 0.717) is 13.0 Å². The van der Waals surface area contributed by atoms with Gasteiger partial charge in [-0.2, -0.15) is 0 Å². The summed E-state index contributed by atoms with van der Waals surface area (Å²) in [6.45, 7) is 3.51. The monoisotopic (exact) mass is 319 g/mol. The summed E-state index contributed by atoms with van der Waals surface area (Å²) in [4.78, 5) is 16.5. The summed E-state index contributed by atoms with van der Waals surface area (Å²) in [5, 5.41) is 12.2. The van der Waals surface area contributed by atoms with Crippen LogP contribution in [0.1, 0.15) is 36.8 Å². The summed E-state index contributed by atoms with van der Waals surface area (Å²) in [6, 6.07) is 6.43. The molecule has 23 heavy (non-hydrogen) atoms. The van der Waals surface area contributed by atoms with Crippen LogP contribution in [0.4, 0.5) is 10.5 Å². The first-order valence-electron chi connectivity index (χ1n) is 8.45. The number of rotatable bonds is 5. The molecule has 2 N–H and O–H groups in total. The SMILES string of the molecule is Cc1ccc(CNC(=O)N2CCCC[C@H]2CCO)c(N(C)C)c1. The molecular weight excluding hydrogens is 290 g/mol. The minimum atomic E-state index is -0.0200. The van der Waals surface area contributed by atoms with E-state index in [1.807, 2.05) is 19.0 Å². The largest absolute Gasteiger partial charge is 0.396 e. The second-order valence-electron chi connectivity index (χ2n) is 6.54. The molecule has 1 atom stereocenters. The Bertz CT molecular complexity index is 529. The van der Waals surface area contributed by atoms with Gasteiger partial charge in [-0.15, -0.1) is 0 Å². The Labute approximate surface area is 139 Å². The van der Waals surface area contributed by atoms with E-state index in [4.69, 9.17) is 0 Å². The summed E-state index contributed by atoms with van der Waals surface area (Å²) in [5.41, 5.74) is 3.46. The van der Waals surface area contributed by atoms with Gasteiger partial charge in [0.2, 0.25) is 0 Å². The van der Waals surface area contributed by atoms with Crippen molar-refractivity contribution in [1.29, 1.82) is 0 Å². The van der Waals surface area contributed by atoms with Gasteiger partial charge in [-0.25, -0.2) is 4.79 Å². The molecule has 1 aromatic rings. The van der Waals surface area contributed by atoms with E-state index in [1.54, 1.807) is 0 Å². The molecule has 2 amide bonds. The number of carbonyl (C=O) groups is 1. The van der Waals surface area contributed by atoms with Gasteiger partial charge in [-0.1, -0.05) is 12.1 Å². The average Bonchev–Trinajstić information content (AvgIpc) is 2.54. The van der Waals surface area contributed by atoms with Crippen LogP contribution in [0.2, 0.25) is 0 Å². The summed E-state index contributed by atoms with van der Waals surface area (Å²) < 4.78 is 0. The molecule has 0 bridgehead atoms. The van der Waals surface area contributed by atoms with E-state index in [9.17, 15) is 9.90 Å². The highest BCUT2D eigenvalue weighted by atomic mass is 16.3. The zero-order valence-corrected chi connectivity index (χ0v) is 14.5. The number of benzene rings is 1. The van der Waals surface area contributed by atoms with Gasteiger partial charge < -0.3 is 20.2 Å². The molecule has 128 valence electrons. The van der Waals surface area contributed by atoms with Crippen LogP contribution in [0.5, 0.6) is 0 Å². The number of aliphatic hydroxyl groups excluding tert-OH is 1. The highest BCUT2D eigenvalue weighted by molar-refractivity contribution is 5.75. The molecule has 0 saturated carbocycles. The van der Waals surface area contributed by atoms with E-state index in [0.717, 1.165) is 37.1 Å². The Morgan fingerprint density at radius 3 is 2.87 bits per heavy atom. The van der Waals surface area contributed by atoms with Crippen molar-refractivity contribution >= 4 is 11.7 Å². The molecule has 2 rings (SSSR count). The van der Waals surface area contributed by atoms with E-state index < -0.39 is 0 Å². The van der Waals surface area contributed by atoms with Crippen LogP contribution in [0.15, 0.2) is 18.2 Å². The Balaban J connectivity index is 2.01. The highest BCUT2D eigenvalue weighted by Gasteiger charge is 2.26. The predicted octanol–water partition coefficient (Wildman–Crippen LogP) is 2.51. The van der Waals surface area contributed by atoms with Crippen molar-refractivity contribution in [3.8, 4) is 0 Å². The van der Waals surface area contributed by atoms with Gasteiger partial charge in [0.1, 0.15) is 0 Å². The maximum Gasteiger partial charge on any atom is 0.317 e. The maximum atomic E-state index is 12.5. The van der Waals surface area contributed by atoms with Crippen LogP contribution in [-0.4, -0.2) is 49.3 Å². The number of urea groups is 1. The number of carbonyl (C=O) groups excluding carboxylic acids is 1. The molecule has 0 radical (unpaired) electrons. The molecule has 0 spiro atoms. The van der Waals surface area contributed by atoms with Crippen molar-refractivity contribution in [3.05, 3.63) is 29.3 Å². The van der Waals surface area contributed by atoms with Crippen molar-refractivity contribution in [2.24, 2.45) is 0 Å². The highest BCUT2D eigenvalue weighted by Crippen LogP contribution is 2.22. The normalized spacial score (nSPS) is 17.9. The zero-order valence-electron chi connectivity index (χ0n) is 14.5. The van der Waals surface area contributed by atoms with E-state index >= 15 is 0 Å². The summed E-state index contributed by atoms with van der Waals surface area (Å²) in [6.07, 6.45) is 3.84. The molecule has 5 heteroatoms. The van der Waals surface area contributed by atoms with E-state index in [2.05, 4.69) is 35.3 Å². The van der Waals surface area contributed by atoms with Gasteiger partial charge in [0.25, 0.3) is 0 Å². The summed E-state index contributed by atoms with van der Waals surface area (Å²) in [7, 11) is 4.03. The van der Waals surface area contributed by atoms with Crippen molar-refractivity contribution in [1.82, 2.24) is 10.2 Å². The van der Waals surface area contributed by atoms with Gasteiger partial charge in [0, 0.05) is 45.5 Å². The fourth-order valence-electron chi connectivity index (χ4n) is 3.23. The molecular formula is C18H29N3O2. The number of piperidine rings is 1. The third-order valence-corrected chi connectivity index (χ3v) is 4.50. The number of hydrogen-bond acceptors (Lipinski definition) is 3. The fourth-order valence-corrected chi connectivity index (χ4v) is 3.23. The van der Waals surface area contributed by atoms with Crippen molar-refractivity contribution < 1.29 is 9.90 Å². The second-order valence-corrected chi connectivity index (χ2v) is 6.54. The second kappa shape index (κ2) is 8.20. The Morgan fingerprint density at radius 2 is 2.17 bits per heavy atom. The molecule has 5 nitrogen and oxygen atoms in total. The Kier molecular flexibility index (Phi) is 6.28. The number of aryl methyl sites for hydroxylation is 1. The lowest BCUT2D eigenvalue weighted by molar-refractivity contribution is 0.131. The number of likely N-dealkylation sites (tertiary alicyclic amines) is 1. The number of aliphatic hydroxyl groups is 1. The Morgan fingerprint density at radius 1 is 1.39 bits per heavy atom. The van der Waals surface area contributed by atoms with Crippen LogP contribution in [-0.2, 0) is 6.54 Å². The maximum absolute atomic E-state index is 12.5. The van der Waals surface area contributed by atoms with Gasteiger partial charge in [0.05, 0.1) is 0 Å². The molecule has 1 aliphatic heterocycles. The molecule has 1 heterocycles. The lowest BCUT2D eigenvalue weighted by Gasteiger charge is -2.35. The van der Waals surface area contributed by atoms with Crippen molar-refractivity contribution in [3.63, 3.8) is 0 Å². The first-order valence-corrected chi connectivity index (χ1v) is 8.45. The molecule has 1 fully saturated rings. The Hall–Kier alpha value is -1.75. The third kappa shape index (κ3) is 4.61. The van der Waals surface area contributed by atoms with E-state index in [1.165, 1.54) is 5.56 Å². The number of nitrogens with zero attached hydrogens (tertiary/aromatic N) is 2. The van der Waals surface area contributed by atoms with Crippen LogP contribution in [0, 0.1) is 6.92 Å². The van der Waals surface area contributed by atoms with Crippen molar-refractivity contribution in [2.75, 3.05) is 32.1 Å². The number of hydrogen-bond donors (Lipinski definition) is 2. The predicted molar refractivity (Wildman–Crippen MR) is 93.8 cm³/mol. The first kappa shape index (κ1) is 17.6. The molecule has 1 aliphatic rings. The summed E-state index contributed by atoms with van der Waals surface area (Å²) in [5.74, 6) is 0. The third-order valence-electron chi connectivity index (χ3n) is 4.50. The molecule has 0 aliphatic carbocycles. The zero-order chi connectivity index (χ0) is 16.8. The minimum Gasteiger partial charge on any atom is -0.396 e. The standard InChI is InChI=1S/C18H29N3O2/c1-14-7-8-15(17(12-14)20(2)3)13-19-18(23)21-10-5-4-6-16(21)9-11-22/h7-8,12,16,22H,4-6,9-11,13H2,1-3H3,(H,19,23)/t16-/m0/s1. The van der Waals surface area contributed by atoms with Crippen LogP contribution in [0.25, 0.3) is 0 Å². The molecule has 1 aromatic carbocycles. The van der Waals surface area contributed by atoms with Gasteiger partial charge in [-0.3, -0.25) is 0 Å². The van der Waals surface area contributed by atoms with E-state index in [-0.39, 0.29) is 18.7 Å². The number of anilines is 1. The van der Waals surface area contributed by atoms with Gasteiger partial charge in [-0.05, 0) is 49.8 Å². The number of amides is 2. The molecule has 1 saturated heterocycles.